The molecule has 2 aromatic carbocycles. The number of anilines is 2. The summed E-state index contributed by atoms with van der Waals surface area (Å²) >= 11 is 1.39. The van der Waals surface area contributed by atoms with Gasteiger partial charge in [0.2, 0.25) is 5.91 Å². The van der Waals surface area contributed by atoms with Crippen LogP contribution >= 0.6 is 11.3 Å². The highest BCUT2D eigenvalue weighted by molar-refractivity contribution is 7.14. The van der Waals surface area contributed by atoms with Crippen LogP contribution in [0.15, 0.2) is 63.1 Å². The van der Waals surface area contributed by atoms with Gasteiger partial charge in [-0.15, -0.1) is 11.3 Å². The maximum atomic E-state index is 12.3. The Morgan fingerprint density at radius 2 is 1.93 bits per heavy atom. The number of fused-ring (bicyclic) bond motifs is 1. The molecule has 0 bridgehead atoms. The summed E-state index contributed by atoms with van der Waals surface area (Å²) < 4.78 is 11.0. The molecule has 6 nitrogen and oxygen atoms in total. The number of carbonyl (C=O) groups is 1. The number of hydrogen-bond donors (Lipinski definition) is 0. The molecule has 0 atom stereocenters. The third-order valence-electron chi connectivity index (χ3n) is 4.62. The van der Waals surface area contributed by atoms with Crippen molar-refractivity contribution >= 4 is 39.0 Å². The van der Waals surface area contributed by atoms with Crippen molar-refractivity contribution < 1.29 is 13.9 Å². The van der Waals surface area contributed by atoms with E-state index in [1.165, 1.54) is 24.3 Å². The molecular weight excluding hydrogens is 400 g/mol. The number of amides is 1. The van der Waals surface area contributed by atoms with Crippen LogP contribution < -0.4 is 15.3 Å². The highest BCUT2D eigenvalue weighted by Crippen LogP contribution is 2.32. The van der Waals surface area contributed by atoms with Crippen molar-refractivity contribution in [1.29, 1.82) is 0 Å². The normalized spacial score (nSPS) is 10.9. The first-order valence-electron chi connectivity index (χ1n) is 9.40. The minimum atomic E-state index is -0.403. The Kier molecular flexibility index (Phi) is 5.37. The van der Waals surface area contributed by atoms with E-state index in [1.807, 2.05) is 49.6 Å². The van der Waals surface area contributed by atoms with Crippen LogP contribution in [0.3, 0.4) is 0 Å². The van der Waals surface area contributed by atoms with Gasteiger partial charge in [0.25, 0.3) is 0 Å². The molecule has 2 aromatic heterocycles. The molecule has 4 aromatic rings. The zero-order chi connectivity index (χ0) is 21.3. The number of nitrogens with zero attached hydrogens (tertiary/aromatic N) is 2. The first-order chi connectivity index (χ1) is 14.4. The third-order valence-corrected chi connectivity index (χ3v) is 5.49. The minimum absolute atomic E-state index is 0.103. The second kappa shape index (κ2) is 8.12. The van der Waals surface area contributed by atoms with Crippen LogP contribution in [0, 0.1) is 13.8 Å². The van der Waals surface area contributed by atoms with E-state index in [1.54, 1.807) is 17.0 Å². The van der Waals surface area contributed by atoms with Gasteiger partial charge in [0.1, 0.15) is 17.9 Å². The molecule has 1 amide bonds. The van der Waals surface area contributed by atoms with Crippen LogP contribution in [-0.2, 0) is 11.4 Å². The fraction of sp³-hybridized carbons (Fsp3) is 0.174. The average molecular weight is 420 g/mol. The maximum Gasteiger partial charge on any atom is 0.336 e. The fourth-order valence-corrected chi connectivity index (χ4v) is 4.08. The molecule has 0 saturated carbocycles. The van der Waals surface area contributed by atoms with Gasteiger partial charge < -0.3 is 9.15 Å². The van der Waals surface area contributed by atoms with Crippen LogP contribution in [-0.4, -0.2) is 10.9 Å². The number of ether oxygens (including phenoxy) is 1. The van der Waals surface area contributed by atoms with Crippen molar-refractivity contribution in [2.75, 3.05) is 4.90 Å². The Hall–Kier alpha value is -3.45. The molecule has 7 heteroatoms. The molecule has 0 saturated heterocycles. The largest absolute Gasteiger partial charge is 0.487 e. The average Bonchev–Trinajstić information content (AvgIpc) is 3.16. The molecule has 2 heterocycles. The summed E-state index contributed by atoms with van der Waals surface area (Å²) in [5, 5.41) is 3.29. The van der Waals surface area contributed by atoms with Gasteiger partial charge in [-0.3, -0.25) is 9.69 Å². The summed E-state index contributed by atoms with van der Waals surface area (Å²) in [4.78, 5) is 30.0. The van der Waals surface area contributed by atoms with E-state index < -0.39 is 5.63 Å². The highest BCUT2D eigenvalue weighted by atomic mass is 32.1. The molecule has 0 fully saturated rings. The molecule has 0 unspecified atom stereocenters. The first-order valence-corrected chi connectivity index (χ1v) is 10.3. The molecular formula is C23H20N2O4S. The van der Waals surface area contributed by atoms with Gasteiger partial charge in [-0.05, 0) is 43.7 Å². The summed E-state index contributed by atoms with van der Waals surface area (Å²) in [6, 6.07) is 14.4. The van der Waals surface area contributed by atoms with Crippen LogP contribution in [0.5, 0.6) is 5.75 Å². The Morgan fingerprint density at radius 1 is 1.13 bits per heavy atom. The van der Waals surface area contributed by atoms with Gasteiger partial charge in [-0.2, -0.15) is 0 Å². The van der Waals surface area contributed by atoms with Crippen molar-refractivity contribution in [3.8, 4) is 5.75 Å². The number of hydrogen-bond acceptors (Lipinski definition) is 6. The predicted molar refractivity (Wildman–Crippen MR) is 118 cm³/mol. The van der Waals surface area contributed by atoms with Crippen LogP contribution in [0.1, 0.15) is 23.7 Å². The van der Waals surface area contributed by atoms with E-state index in [4.69, 9.17) is 9.15 Å². The standard InChI is InChI=1S/C23H20N2O4S/c1-14-4-8-20(15(2)10-14)25(16(3)26)23-24-18(13-30-23)12-28-19-7-5-17-6-9-22(27)29-21(17)11-19/h4-11,13H,12H2,1-3H3. The molecule has 0 spiro atoms. The van der Waals surface area contributed by atoms with Crippen molar-refractivity contribution in [3.05, 3.63) is 81.2 Å². The van der Waals surface area contributed by atoms with E-state index in [2.05, 4.69) is 4.98 Å². The van der Waals surface area contributed by atoms with Crippen molar-refractivity contribution in [1.82, 2.24) is 4.98 Å². The number of aryl methyl sites for hydroxylation is 2. The lowest BCUT2D eigenvalue weighted by Crippen LogP contribution is -2.23. The smallest absolute Gasteiger partial charge is 0.336 e. The van der Waals surface area contributed by atoms with E-state index in [0.717, 1.165) is 22.2 Å². The van der Waals surface area contributed by atoms with E-state index in [9.17, 15) is 9.59 Å². The van der Waals surface area contributed by atoms with Gasteiger partial charge in [-0.1, -0.05) is 17.7 Å². The molecule has 30 heavy (non-hydrogen) atoms. The maximum absolute atomic E-state index is 12.3. The number of aromatic nitrogens is 1. The van der Waals surface area contributed by atoms with Gasteiger partial charge in [0, 0.05) is 29.8 Å². The number of carbonyl (C=O) groups excluding carboxylic acids is 1. The van der Waals surface area contributed by atoms with Gasteiger partial charge in [-0.25, -0.2) is 9.78 Å². The number of thiazole rings is 1. The summed E-state index contributed by atoms with van der Waals surface area (Å²) in [5.74, 6) is 0.470. The van der Waals surface area contributed by atoms with Gasteiger partial charge >= 0.3 is 5.63 Å². The zero-order valence-corrected chi connectivity index (χ0v) is 17.7. The topological polar surface area (TPSA) is 72.6 Å². The third kappa shape index (κ3) is 4.11. The molecule has 0 radical (unpaired) electrons. The quantitative estimate of drug-likeness (QED) is 0.419. The van der Waals surface area contributed by atoms with E-state index in [0.29, 0.717) is 22.2 Å². The second-order valence-corrected chi connectivity index (χ2v) is 7.85. The Morgan fingerprint density at radius 3 is 2.70 bits per heavy atom. The fourth-order valence-electron chi connectivity index (χ4n) is 3.22. The molecule has 0 aliphatic carbocycles. The Bertz CT molecular complexity index is 1290. The highest BCUT2D eigenvalue weighted by Gasteiger charge is 2.20. The minimum Gasteiger partial charge on any atom is -0.487 e. The Balaban J connectivity index is 1.54. The molecule has 0 aliphatic rings. The lowest BCUT2D eigenvalue weighted by molar-refractivity contribution is -0.115. The summed E-state index contributed by atoms with van der Waals surface area (Å²) in [6.07, 6.45) is 0. The SMILES string of the molecule is CC(=O)N(c1nc(COc2ccc3ccc(=O)oc3c2)cs1)c1ccc(C)cc1C. The van der Waals surface area contributed by atoms with Crippen molar-refractivity contribution in [2.24, 2.45) is 0 Å². The number of benzene rings is 2. The lowest BCUT2D eigenvalue weighted by Gasteiger charge is -2.20. The first kappa shape index (κ1) is 19.8. The summed E-state index contributed by atoms with van der Waals surface area (Å²) in [6.45, 7) is 5.76. The monoisotopic (exact) mass is 420 g/mol. The Labute approximate surface area is 177 Å². The lowest BCUT2D eigenvalue weighted by atomic mass is 10.1. The summed E-state index contributed by atoms with van der Waals surface area (Å²) in [7, 11) is 0. The van der Waals surface area contributed by atoms with Crippen LogP contribution in [0.2, 0.25) is 0 Å². The second-order valence-electron chi connectivity index (χ2n) is 7.01. The van der Waals surface area contributed by atoms with Gasteiger partial charge in [0.05, 0.1) is 11.4 Å². The van der Waals surface area contributed by atoms with Crippen LogP contribution in [0.25, 0.3) is 11.0 Å². The van der Waals surface area contributed by atoms with E-state index >= 15 is 0 Å². The van der Waals surface area contributed by atoms with E-state index in [-0.39, 0.29) is 12.5 Å². The molecule has 0 aliphatic heterocycles. The molecule has 152 valence electrons. The molecule has 4 rings (SSSR count). The number of rotatable bonds is 5. The van der Waals surface area contributed by atoms with Crippen LogP contribution in [0.4, 0.5) is 10.8 Å². The predicted octanol–water partition coefficient (Wildman–Crippen LogP) is 5.13. The van der Waals surface area contributed by atoms with Crippen molar-refractivity contribution in [2.45, 2.75) is 27.4 Å². The zero-order valence-electron chi connectivity index (χ0n) is 16.8. The molecule has 0 N–H and O–H groups in total. The van der Waals surface area contributed by atoms with Gasteiger partial charge in [0.15, 0.2) is 5.13 Å². The summed E-state index contributed by atoms with van der Waals surface area (Å²) in [5.41, 5.74) is 3.74. The van der Waals surface area contributed by atoms with Crippen molar-refractivity contribution in [3.63, 3.8) is 0 Å².